The Labute approximate surface area is 123 Å². The van der Waals surface area contributed by atoms with Gasteiger partial charge in [-0.05, 0) is 38.1 Å². The number of rotatable bonds is 2. The molecule has 0 spiro atoms. The van der Waals surface area contributed by atoms with Crippen LogP contribution in [0.25, 0.3) is 5.69 Å². The lowest BCUT2D eigenvalue weighted by Crippen LogP contribution is -2.12. The van der Waals surface area contributed by atoms with Crippen LogP contribution in [0.2, 0.25) is 0 Å². The van der Waals surface area contributed by atoms with Gasteiger partial charge in [0.1, 0.15) is 0 Å². The van der Waals surface area contributed by atoms with Crippen LogP contribution in [-0.4, -0.2) is 18.2 Å². The molecular formula is C12H10ClF3N2O2S. The van der Waals surface area contributed by atoms with E-state index >= 15 is 0 Å². The highest BCUT2D eigenvalue weighted by Crippen LogP contribution is 2.36. The van der Waals surface area contributed by atoms with E-state index in [2.05, 4.69) is 5.10 Å². The summed E-state index contributed by atoms with van der Waals surface area (Å²) in [7, 11) is 0.555. The number of aromatic nitrogens is 2. The van der Waals surface area contributed by atoms with Gasteiger partial charge in [0.25, 0.3) is 9.05 Å². The van der Waals surface area contributed by atoms with Crippen LogP contribution in [0.15, 0.2) is 29.2 Å². The first-order chi connectivity index (χ1) is 9.50. The zero-order chi connectivity index (χ0) is 16.0. The Balaban J connectivity index is 2.71. The maximum absolute atomic E-state index is 13.0. The average Bonchev–Trinajstić information content (AvgIpc) is 2.65. The summed E-state index contributed by atoms with van der Waals surface area (Å²) in [5.74, 6) is 0. The van der Waals surface area contributed by atoms with Crippen LogP contribution in [-0.2, 0) is 15.2 Å². The summed E-state index contributed by atoms with van der Waals surface area (Å²) < 4.78 is 62.9. The largest absolute Gasteiger partial charge is 0.417 e. The number of aryl methyl sites for hydroxylation is 2. The molecule has 4 nitrogen and oxygen atoms in total. The molecule has 0 aliphatic carbocycles. The fourth-order valence-corrected chi connectivity index (χ4v) is 3.05. The third-order valence-corrected chi connectivity index (χ3v) is 4.17. The molecule has 21 heavy (non-hydrogen) atoms. The summed E-state index contributed by atoms with van der Waals surface area (Å²) in [5, 5.41) is 4.06. The molecule has 0 aliphatic heterocycles. The number of benzene rings is 1. The molecule has 0 aliphatic rings. The first kappa shape index (κ1) is 15.8. The van der Waals surface area contributed by atoms with Crippen LogP contribution in [0.4, 0.5) is 13.2 Å². The molecule has 1 aromatic heterocycles. The molecule has 114 valence electrons. The van der Waals surface area contributed by atoms with Gasteiger partial charge in [0.05, 0.1) is 21.8 Å². The van der Waals surface area contributed by atoms with Gasteiger partial charge in [0.15, 0.2) is 0 Å². The second-order valence-corrected chi connectivity index (χ2v) is 6.99. The maximum Gasteiger partial charge on any atom is 0.417 e. The maximum atomic E-state index is 13.0. The van der Waals surface area contributed by atoms with E-state index in [-0.39, 0.29) is 5.69 Å². The Morgan fingerprint density at radius 1 is 1.19 bits per heavy atom. The molecule has 2 rings (SSSR count). The highest BCUT2D eigenvalue weighted by atomic mass is 35.7. The van der Waals surface area contributed by atoms with Crippen molar-refractivity contribution in [2.45, 2.75) is 24.9 Å². The number of nitrogens with zero attached hydrogens (tertiary/aromatic N) is 2. The predicted octanol–water partition coefficient (Wildman–Crippen LogP) is 3.44. The Hall–Kier alpha value is -1.54. The summed E-state index contributed by atoms with van der Waals surface area (Å²) in [4.78, 5) is -0.970. The SMILES string of the molecule is Cc1cc(C)n(-c2ccc(S(=O)(=O)Cl)c(C(F)(F)F)c2)n1. The molecule has 0 radical (unpaired) electrons. The van der Waals surface area contributed by atoms with Crippen molar-refractivity contribution in [2.24, 2.45) is 0 Å². The van der Waals surface area contributed by atoms with E-state index in [0.717, 1.165) is 6.07 Å². The summed E-state index contributed by atoms with van der Waals surface area (Å²) in [5.41, 5.74) is 0.0525. The van der Waals surface area contributed by atoms with Crippen LogP contribution in [0.5, 0.6) is 0 Å². The number of halogens is 4. The number of alkyl halides is 3. The minimum Gasteiger partial charge on any atom is -0.238 e. The van der Waals surface area contributed by atoms with E-state index in [1.807, 2.05) is 0 Å². The normalized spacial score (nSPS) is 12.7. The van der Waals surface area contributed by atoms with E-state index in [1.165, 1.54) is 10.7 Å². The highest BCUT2D eigenvalue weighted by molar-refractivity contribution is 8.13. The zero-order valence-corrected chi connectivity index (χ0v) is 12.5. The van der Waals surface area contributed by atoms with Crippen molar-refractivity contribution in [3.05, 3.63) is 41.2 Å². The molecule has 0 saturated carbocycles. The summed E-state index contributed by atoms with van der Waals surface area (Å²) >= 11 is 0. The second kappa shape index (κ2) is 5.03. The Morgan fingerprint density at radius 3 is 2.24 bits per heavy atom. The molecule has 1 aromatic carbocycles. The molecule has 0 bridgehead atoms. The average molecular weight is 339 g/mol. The van der Waals surface area contributed by atoms with Crippen LogP contribution in [0.1, 0.15) is 17.0 Å². The molecule has 0 fully saturated rings. The van der Waals surface area contributed by atoms with Crippen molar-refractivity contribution in [1.29, 1.82) is 0 Å². The smallest absolute Gasteiger partial charge is 0.238 e. The number of hydrogen-bond acceptors (Lipinski definition) is 3. The van der Waals surface area contributed by atoms with E-state index in [0.29, 0.717) is 17.5 Å². The van der Waals surface area contributed by atoms with Crippen molar-refractivity contribution in [2.75, 3.05) is 0 Å². The van der Waals surface area contributed by atoms with Crippen molar-refractivity contribution in [1.82, 2.24) is 9.78 Å². The molecule has 9 heteroatoms. The van der Waals surface area contributed by atoms with Crippen molar-refractivity contribution >= 4 is 19.7 Å². The quantitative estimate of drug-likeness (QED) is 0.788. The van der Waals surface area contributed by atoms with Gasteiger partial charge >= 0.3 is 6.18 Å². The van der Waals surface area contributed by atoms with Crippen molar-refractivity contribution in [3.63, 3.8) is 0 Å². The van der Waals surface area contributed by atoms with Gasteiger partial charge in [0.2, 0.25) is 0 Å². The Kier molecular flexibility index (Phi) is 3.79. The van der Waals surface area contributed by atoms with E-state index in [9.17, 15) is 21.6 Å². The lowest BCUT2D eigenvalue weighted by molar-refractivity contribution is -0.139. The van der Waals surface area contributed by atoms with Gasteiger partial charge in [-0.1, -0.05) is 0 Å². The third kappa shape index (κ3) is 3.21. The first-order valence-corrected chi connectivity index (χ1v) is 8.00. The van der Waals surface area contributed by atoms with Crippen molar-refractivity contribution in [3.8, 4) is 5.69 Å². The minimum atomic E-state index is -4.84. The van der Waals surface area contributed by atoms with E-state index in [1.54, 1.807) is 19.9 Å². The van der Waals surface area contributed by atoms with Crippen LogP contribution < -0.4 is 0 Å². The topological polar surface area (TPSA) is 52.0 Å². The van der Waals surface area contributed by atoms with Crippen molar-refractivity contribution < 1.29 is 21.6 Å². The number of hydrogen-bond donors (Lipinski definition) is 0. The van der Waals surface area contributed by atoms with Crippen LogP contribution in [0.3, 0.4) is 0 Å². The summed E-state index contributed by atoms with van der Waals surface area (Å²) in [6.07, 6.45) is -4.84. The molecule has 0 N–H and O–H groups in total. The third-order valence-electron chi connectivity index (χ3n) is 2.79. The molecule has 0 atom stereocenters. The van der Waals surface area contributed by atoms with Gasteiger partial charge < -0.3 is 0 Å². The Bertz CT molecular complexity index is 797. The molecule has 0 unspecified atom stereocenters. The predicted molar refractivity (Wildman–Crippen MR) is 71.1 cm³/mol. The highest BCUT2D eigenvalue weighted by Gasteiger charge is 2.37. The molecular weight excluding hydrogens is 329 g/mol. The molecule has 0 saturated heterocycles. The summed E-state index contributed by atoms with van der Waals surface area (Å²) in [6, 6.07) is 4.47. The van der Waals surface area contributed by atoms with Crippen LogP contribution >= 0.6 is 10.7 Å². The lowest BCUT2D eigenvalue weighted by atomic mass is 10.2. The molecule has 0 amide bonds. The first-order valence-electron chi connectivity index (χ1n) is 5.69. The van der Waals surface area contributed by atoms with Gasteiger partial charge in [-0.15, -0.1) is 0 Å². The van der Waals surface area contributed by atoms with E-state index < -0.39 is 25.7 Å². The van der Waals surface area contributed by atoms with E-state index in [4.69, 9.17) is 10.7 Å². The van der Waals surface area contributed by atoms with Crippen LogP contribution in [0, 0.1) is 13.8 Å². The molecule has 1 heterocycles. The van der Waals surface area contributed by atoms with Gasteiger partial charge in [-0.25, -0.2) is 13.1 Å². The fraction of sp³-hybridized carbons (Fsp3) is 0.250. The fourth-order valence-electron chi connectivity index (χ4n) is 1.97. The monoisotopic (exact) mass is 338 g/mol. The van der Waals surface area contributed by atoms with Gasteiger partial charge in [-0.3, -0.25) is 0 Å². The lowest BCUT2D eigenvalue weighted by Gasteiger charge is -2.13. The standard InChI is InChI=1S/C12H10ClF3N2O2S/c1-7-5-8(2)18(17-7)9-3-4-11(21(13,19)20)10(6-9)12(14,15)16/h3-6H,1-2H3. The zero-order valence-electron chi connectivity index (χ0n) is 10.9. The Morgan fingerprint density at radius 2 is 1.81 bits per heavy atom. The molecule has 2 aromatic rings. The minimum absolute atomic E-state index is 0.108. The van der Waals surface area contributed by atoms with Gasteiger partial charge in [-0.2, -0.15) is 18.3 Å². The summed E-state index contributed by atoms with van der Waals surface area (Å²) in [6.45, 7) is 3.38. The van der Waals surface area contributed by atoms with Gasteiger partial charge in [0, 0.05) is 16.4 Å². The second-order valence-electron chi connectivity index (χ2n) is 4.45.